The van der Waals surface area contributed by atoms with Gasteiger partial charge in [-0.25, -0.2) is 4.39 Å². The van der Waals surface area contributed by atoms with Crippen LogP contribution < -0.4 is 4.74 Å². The molecule has 0 spiro atoms. The van der Waals surface area contributed by atoms with Gasteiger partial charge in [0.25, 0.3) is 5.91 Å². The van der Waals surface area contributed by atoms with Crippen molar-refractivity contribution >= 4 is 17.5 Å². The third-order valence-corrected chi connectivity index (χ3v) is 5.74. The summed E-state index contributed by atoms with van der Waals surface area (Å²) >= 11 is 5.82. The minimum Gasteiger partial charge on any atom is -0.482 e. The number of carbonyl (C=O) groups is 1. The Morgan fingerprint density at radius 3 is 2.42 bits per heavy atom. The van der Waals surface area contributed by atoms with Crippen molar-refractivity contribution in [1.29, 1.82) is 0 Å². The van der Waals surface area contributed by atoms with E-state index in [0.717, 1.165) is 11.6 Å². The van der Waals surface area contributed by atoms with Crippen molar-refractivity contribution in [2.45, 2.75) is 38.7 Å². The number of amides is 1. The van der Waals surface area contributed by atoms with E-state index in [0.29, 0.717) is 19.6 Å². The molecule has 0 aliphatic carbocycles. The number of piperazine rings is 1. The molecule has 0 bridgehead atoms. The first-order valence-electron chi connectivity index (χ1n) is 9.82. The van der Waals surface area contributed by atoms with Crippen LogP contribution in [0.15, 0.2) is 42.5 Å². The third kappa shape index (κ3) is 5.68. The van der Waals surface area contributed by atoms with Crippen molar-refractivity contribution in [2.75, 3.05) is 19.7 Å². The lowest BCUT2D eigenvalue weighted by Crippen LogP contribution is -2.58. The molecule has 9 heteroatoms. The topological polar surface area (TPSA) is 32.8 Å². The number of alkyl halides is 3. The van der Waals surface area contributed by atoms with Crippen molar-refractivity contribution in [1.82, 2.24) is 9.80 Å². The molecule has 2 atom stereocenters. The van der Waals surface area contributed by atoms with Gasteiger partial charge in [0.15, 0.2) is 6.61 Å². The van der Waals surface area contributed by atoms with Gasteiger partial charge in [-0.05, 0) is 43.7 Å². The Kier molecular flexibility index (Phi) is 7.11. The molecular weight excluding hydrogens is 436 g/mol. The number of nitrogens with zero attached hydrogens (tertiary/aromatic N) is 2. The normalized spacial score (nSPS) is 20.0. The lowest BCUT2D eigenvalue weighted by molar-refractivity contribution is -0.139. The molecule has 1 amide bonds. The van der Waals surface area contributed by atoms with E-state index in [1.807, 2.05) is 13.8 Å². The van der Waals surface area contributed by atoms with Crippen LogP contribution in [0.3, 0.4) is 0 Å². The summed E-state index contributed by atoms with van der Waals surface area (Å²) in [7, 11) is 0. The van der Waals surface area contributed by atoms with Crippen LogP contribution in [0.1, 0.15) is 25.0 Å². The van der Waals surface area contributed by atoms with E-state index in [-0.39, 0.29) is 29.6 Å². The predicted octanol–water partition coefficient (Wildman–Crippen LogP) is 5.00. The van der Waals surface area contributed by atoms with Crippen molar-refractivity contribution in [3.05, 3.63) is 64.4 Å². The van der Waals surface area contributed by atoms with Crippen LogP contribution >= 0.6 is 11.6 Å². The minimum atomic E-state index is -4.61. The molecule has 1 saturated heterocycles. The maximum Gasteiger partial charge on any atom is 0.417 e. The van der Waals surface area contributed by atoms with Crippen molar-refractivity contribution in [2.24, 2.45) is 0 Å². The molecule has 1 aliphatic rings. The smallest absolute Gasteiger partial charge is 0.417 e. The molecule has 0 radical (unpaired) electrons. The Bertz CT molecular complexity index is 921. The molecule has 2 unspecified atom stereocenters. The monoisotopic (exact) mass is 458 g/mol. The molecule has 4 nitrogen and oxygen atoms in total. The van der Waals surface area contributed by atoms with Gasteiger partial charge in [-0.1, -0.05) is 29.8 Å². The largest absolute Gasteiger partial charge is 0.482 e. The van der Waals surface area contributed by atoms with E-state index in [9.17, 15) is 22.4 Å². The SMILES string of the molecule is CC1CN(C(=O)COc2cccc(C(F)(F)F)c2Cl)C(C)CN1Cc1ccc(F)cc1. The summed E-state index contributed by atoms with van der Waals surface area (Å²) in [5, 5.41) is -0.562. The van der Waals surface area contributed by atoms with Gasteiger partial charge in [-0.15, -0.1) is 0 Å². The van der Waals surface area contributed by atoms with Gasteiger partial charge in [0.1, 0.15) is 11.6 Å². The summed E-state index contributed by atoms with van der Waals surface area (Å²) in [5.41, 5.74) is -0.0294. The van der Waals surface area contributed by atoms with E-state index >= 15 is 0 Å². The molecule has 1 fully saturated rings. The molecule has 1 aliphatic heterocycles. The number of hydrogen-bond donors (Lipinski definition) is 0. The number of rotatable bonds is 5. The molecule has 0 aromatic heterocycles. The summed E-state index contributed by atoms with van der Waals surface area (Å²) in [4.78, 5) is 16.6. The number of carbonyl (C=O) groups excluding carboxylic acids is 1. The highest BCUT2D eigenvalue weighted by Gasteiger charge is 2.35. The molecule has 168 valence electrons. The average Bonchev–Trinajstić information content (AvgIpc) is 2.70. The first kappa shape index (κ1) is 23.3. The van der Waals surface area contributed by atoms with E-state index in [4.69, 9.17) is 16.3 Å². The highest BCUT2D eigenvalue weighted by atomic mass is 35.5. The number of halogens is 5. The van der Waals surface area contributed by atoms with Gasteiger partial charge < -0.3 is 9.64 Å². The van der Waals surface area contributed by atoms with E-state index in [1.54, 1.807) is 17.0 Å². The summed E-state index contributed by atoms with van der Waals surface area (Å²) in [6, 6.07) is 9.57. The van der Waals surface area contributed by atoms with Crippen LogP contribution in [0.25, 0.3) is 0 Å². The maximum absolute atomic E-state index is 13.1. The number of hydrogen-bond acceptors (Lipinski definition) is 3. The lowest BCUT2D eigenvalue weighted by Gasteiger charge is -2.44. The van der Waals surface area contributed by atoms with Crippen LogP contribution in [-0.2, 0) is 17.5 Å². The molecule has 0 N–H and O–H groups in total. The van der Waals surface area contributed by atoms with E-state index in [2.05, 4.69) is 4.90 Å². The minimum absolute atomic E-state index is 0.0438. The number of ether oxygens (including phenoxy) is 1. The second-order valence-corrected chi connectivity index (χ2v) is 8.08. The Labute approximate surface area is 183 Å². The first-order valence-corrected chi connectivity index (χ1v) is 10.2. The Morgan fingerprint density at radius 2 is 1.77 bits per heavy atom. The zero-order chi connectivity index (χ0) is 22.8. The van der Waals surface area contributed by atoms with Crippen molar-refractivity contribution in [3.63, 3.8) is 0 Å². The van der Waals surface area contributed by atoms with E-state index in [1.165, 1.54) is 24.3 Å². The number of benzene rings is 2. The van der Waals surface area contributed by atoms with Gasteiger partial charge in [-0.3, -0.25) is 9.69 Å². The maximum atomic E-state index is 13.1. The summed E-state index contributed by atoms with van der Waals surface area (Å²) in [6.07, 6.45) is -4.61. The van der Waals surface area contributed by atoms with Crippen LogP contribution in [0, 0.1) is 5.82 Å². The molecular formula is C22H23ClF4N2O2. The molecule has 3 rings (SSSR count). The second-order valence-electron chi connectivity index (χ2n) is 7.70. The second kappa shape index (κ2) is 9.44. The van der Waals surface area contributed by atoms with Crippen LogP contribution in [0.4, 0.5) is 17.6 Å². The molecule has 31 heavy (non-hydrogen) atoms. The predicted molar refractivity (Wildman–Crippen MR) is 109 cm³/mol. The third-order valence-electron chi connectivity index (χ3n) is 5.35. The molecule has 1 heterocycles. The fourth-order valence-electron chi connectivity index (χ4n) is 3.65. The lowest BCUT2D eigenvalue weighted by atomic mass is 10.1. The first-order chi connectivity index (χ1) is 14.6. The van der Waals surface area contributed by atoms with Crippen LogP contribution in [0.5, 0.6) is 5.75 Å². The van der Waals surface area contributed by atoms with Crippen LogP contribution in [0.2, 0.25) is 5.02 Å². The Balaban J connectivity index is 1.60. The van der Waals surface area contributed by atoms with Gasteiger partial charge in [0.2, 0.25) is 0 Å². The van der Waals surface area contributed by atoms with E-state index < -0.39 is 23.4 Å². The average molecular weight is 459 g/mol. The molecule has 2 aromatic rings. The van der Waals surface area contributed by atoms with Crippen molar-refractivity contribution in [3.8, 4) is 5.75 Å². The quantitative estimate of drug-likeness (QED) is 0.591. The fourth-order valence-corrected chi connectivity index (χ4v) is 3.94. The Morgan fingerprint density at radius 1 is 1.10 bits per heavy atom. The summed E-state index contributed by atoms with van der Waals surface area (Å²) in [6.45, 7) is 5.16. The summed E-state index contributed by atoms with van der Waals surface area (Å²) < 4.78 is 57.4. The Hall–Kier alpha value is -2.32. The van der Waals surface area contributed by atoms with Gasteiger partial charge in [-0.2, -0.15) is 13.2 Å². The zero-order valence-corrected chi connectivity index (χ0v) is 17.9. The van der Waals surface area contributed by atoms with Crippen molar-refractivity contribution < 1.29 is 27.1 Å². The standard InChI is InChI=1S/C22H23ClF4N2O2/c1-14-11-29(15(2)10-28(14)12-16-6-8-17(24)9-7-16)20(30)13-31-19-5-3-4-18(21(19)23)22(25,26)27/h3-9,14-15H,10-13H2,1-2H3. The fraction of sp³-hybridized carbons (Fsp3) is 0.409. The van der Waals surface area contributed by atoms with Gasteiger partial charge in [0.05, 0.1) is 10.6 Å². The zero-order valence-electron chi connectivity index (χ0n) is 17.1. The van der Waals surface area contributed by atoms with Crippen LogP contribution in [-0.4, -0.2) is 47.5 Å². The highest BCUT2D eigenvalue weighted by molar-refractivity contribution is 6.32. The molecule has 0 saturated carbocycles. The molecule has 2 aromatic carbocycles. The van der Waals surface area contributed by atoms with Gasteiger partial charge >= 0.3 is 6.18 Å². The highest BCUT2D eigenvalue weighted by Crippen LogP contribution is 2.39. The van der Waals surface area contributed by atoms with Gasteiger partial charge in [0, 0.05) is 31.7 Å². The summed E-state index contributed by atoms with van der Waals surface area (Å²) in [5.74, 6) is -0.795.